The summed E-state index contributed by atoms with van der Waals surface area (Å²) in [6.45, 7) is 1.99. The van der Waals surface area contributed by atoms with E-state index in [9.17, 15) is 14.3 Å². The van der Waals surface area contributed by atoms with Gasteiger partial charge in [-0.1, -0.05) is 17.7 Å². The van der Waals surface area contributed by atoms with Crippen LogP contribution in [0.2, 0.25) is 0 Å². The average molecular weight is 276 g/mol. The molecule has 0 heterocycles. The van der Waals surface area contributed by atoms with Gasteiger partial charge < -0.3 is 5.11 Å². The van der Waals surface area contributed by atoms with E-state index < -0.39 is 5.82 Å². The molecule has 0 aliphatic carbocycles. The predicted octanol–water partition coefficient (Wildman–Crippen LogP) is 3.81. The molecule has 2 rings (SSSR count). The van der Waals surface area contributed by atoms with Crippen molar-refractivity contribution < 1.29 is 14.3 Å². The van der Waals surface area contributed by atoms with E-state index >= 15 is 0 Å². The molecule has 4 heteroatoms. The lowest BCUT2D eigenvalue weighted by molar-refractivity contribution is 0.101. The lowest BCUT2D eigenvalue weighted by Crippen LogP contribution is -2.03. The highest BCUT2D eigenvalue weighted by molar-refractivity contribution is 8.00. The van der Waals surface area contributed by atoms with Crippen molar-refractivity contribution in [3.05, 3.63) is 59.4 Å². The third-order valence-corrected chi connectivity index (χ3v) is 3.66. The van der Waals surface area contributed by atoms with Crippen LogP contribution in [0.4, 0.5) is 4.39 Å². The fourth-order valence-electron chi connectivity index (χ4n) is 1.59. The molecule has 0 aliphatic heterocycles. The maximum absolute atomic E-state index is 13.0. The zero-order valence-corrected chi connectivity index (χ0v) is 11.2. The Hall–Kier alpha value is -1.81. The van der Waals surface area contributed by atoms with Gasteiger partial charge in [0.1, 0.15) is 11.6 Å². The monoisotopic (exact) mass is 276 g/mol. The van der Waals surface area contributed by atoms with Crippen molar-refractivity contribution in [1.82, 2.24) is 0 Å². The van der Waals surface area contributed by atoms with E-state index in [1.54, 1.807) is 0 Å². The second-order valence-corrected chi connectivity index (χ2v) is 5.24. The van der Waals surface area contributed by atoms with E-state index in [1.807, 2.05) is 31.2 Å². The normalized spacial score (nSPS) is 10.4. The molecule has 0 saturated carbocycles. The number of aryl methyl sites for hydroxylation is 1. The van der Waals surface area contributed by atoms with Gasteiger partial charge in [0, 0.05) is 4.90 Å². The van der Waals surface area contributed by atoms with Crippen LogP contribution in [0, 0.1) is 12.7 Å². The summed E-state index contributed by atoms with van der Waals surface area (Å²) in [5.41, 5.74) is 1.18. The predicted molar refractivity (Wildman–Crippen MR) is 74.3 cm³/mol. The molecule has 0 saturated heterocycles. The largest absolute Gasteiger partial charge is 0.507 e. The van der Waals surface area contributed by atoms with Crippen molar-refractivity contribution in [2.24, 2.45) is 0 Å². The Balaban J connectivity index is 2.05. The van der Waals surface area contributed by atoms with Crippen molar-refractivity contribution in [2.75, 3.05) is 5.75 Å². The lowest BCUT2D eigenvalue weighted by atomic mass is 10.1. The molecular formula is C15H13FO2S. The van der Waals surface area contributed by atoms with Gasteiger partial charge in [-0.2, -0.15) is 0 Å². The summed E-state index contributed by atoms with van der Waals surface area (Å²) in [6.07, 6.45) is 0. The van der Waals surface area contributed by atoms with Gasteiger partial charge in [-0.05, 0) is 37.3 Å². The summed E-state index contributed by atoms with van der Waals surface area (Å²) in [4.78, 5) is 12.9. The van der Waals surface area contributed by atoms with Gasteiger partial charge in [0.15, 0.2) is 5.78 Å². The van der Waals surface area contributed by atoms with Gasteiger partial charge in [0.25, 0.3) is 0 Å². The zero-order chi connectivity index (χ0) is 13.8. The Morgan fingerprint density at radius 3 is 2.58 bits per heavy atom. The maximum atomic E-state index is 13.0. The van der Waals surface area contributed by atoms with E-state index in [4.69, 9.17) is 0 Å². The summed E-state index contributed by atoms with van der Waals surface area (Å²) in [5.74, 6) is -0.833. The molecule has 2 nitrogen and oxygen atoms in total. The van der Waals surface area contributed by atoms with Crippen molar-refractivity contribution in [3.8, 4) is 5.75 Å². The second kappa shape index (κ2) is 5.89. The van der Waals surface area contributed by atoms with Crippen LogP contribution in [0.3, 0.4) is 0 Å². The maximum Gasteiger partial charge on any atom is 0.176 e. The molecule has 2 aromatic rings. The number of carbonyl (C=O) groups is 1. The summed E-state index contributed by atoms with van der Waals surface area (Å²) in [5, 5.41) is 9.54. The first kappa shape index (κ1) is 13.6. The Morgan fingerprint density at radius 2 is 1.89 bits per heavy atom. The summed E-state index contributed by atoms with van der Waals surface area (Å²) < 4.78 is 13.0. The van der Waals surface area contributed by atoms with Crippen LogP contribution in [-0.2, 0) is 0 Å². The average Bonchev–Trinajstić information content (AvgIpc) is 2.40. The molecule has 0 fully saturated rings. The minimum Gasteiger partial charge on any atom is -0.507 e. The van der Waals surface area contributed by atoms with Crippen molar-refractivity contribution >= 4 is 17.5 Å². The quantitative estimate of drug-likeness (QED) is 0.681. The van der Waals surface area contributed by atoms with Gasteiger partial charge in [-0.25, -0.2) is 4.39 Å². The van der Waals surface area contributed by atoms with Gasteiger partial charge in [0.05, 0.1) is 11.3 Å². The molecule has 0 aromatic heterocycles. The summed E-state index contributed by atoms with van der Waals surface area (Å²) in [6, 6.07) is 11.2. The van der Waals surface area contributed by atoms with E-state index in [1.165, 1.54) is 17.8 Å². The molecule has 0 radical (unpaired) electrons. The third-order valence-electron chi connectivity index (χ3n) is 2.65. The van der Waals surface area contributed by atoms with Crippen LogP contribution in [0.5, 0.6) is 5.75 Å². The van der Waals surface area contributed by atoms with Crippen LogP contribution in [0.25, 0.3) is 0 Å². The van der Waals surface area contributed by atoms with E-state index in [-0.39, 0.29) is 22.8 Å². The number of thioether (sulfide) groups is 1. The van der Waals surface area contributed by atoms with Gasteiger partial charge in [-0.15, -0.1) is 11.8 Å². The van der Waals surface area contributed by atoms with Crippen LogP contribution >= 0.6 is 11.8 Å². The number of ketones is 1. The number of halogens is 1. The molecule has 0 atom stereocenters. The highest BCUT2D eigenvalue weighted by Crippen LogP contribution is 2.23. The van der Waals surface area contributed by atoms with Gasteiger partial charge >= 0.3 is 0 Å². The Kier molecular flexibility index (Phi) is 4.22. The Labute approximate surface area is 115 Å². The third kappa shape index (κ3) is 3.58. The number of Topliss-reactive ketones (excluding diaryl/α,β-unsaturated/α-hetero) is 1. The molecule has 0 aliphatic rings. The standard InChI is InChI=1S/C15H13FO2S/c1-10-2-5-12(6-3-10)19-9-15(18)13-8-11(16)4-7-14(13)17/h2-8,17H,9H2,1H3. The fourth-order valence-corrected chi connectivity index (χ4v) is 2.37. The zero-order valence-electron chi connectivity index (χ0n) is 10.4. The Bertz CT molecular complexity index is 594. The molecular weight excluding hydrogens is 263 g/mol. The molecule has 0 spiro atoms. The molecule has 0 amide bonds. The minimum atomic E-state index is -0.526. The van der Waals surface area contributed by atoms with Crippen molar-refractivity contribution in [1.29, 1.82) is 0 Å². The number of aromatic hydroxyl groups is 1. The van der Waals surface area contributed by atoms with Gasteiger partial charge in [-0.3, -0.25) is 4.79 Å². The lowest BCUT2D eigenvalue weighted by Gasteiger charge is -2.04. The van der Waals surface area contributed by atoms with Crippen LogP contribution in [-0.4, -0.2) is 16.6 Å². The van der Waals surface area contributed by atoms with Crippen molar-refractivity contribution in [2.45, 2.75) is 11.8 Å². The molecule has 0 bridgehead atoms. The second-order valence-electron chi connectivity index (χ2n) is 4.19. The van der Waals surface area contributed by atoms with Gasteiger partial charge in [0.2, 0.25) is 0 Å². The number of phenolic OH excluding ortho intramolecular Hbond substituents is 1. The van der Waals surface area contributed by atoms with E-state index in [0.717, 1.165) is 22.6 Å². The molecule has 98 valence electrons. The highest BCUT2D eigenvalue weighted by Gasteiger charge is 2.12. The minimum absolute atomic E-state index is 0.0274. The highest BCUT2D eigenvalue weighted by atomic mass is 32.2. The van der Waals surface area contributed by atoms with Crippen molar-refractivity contribution in [3.63, 3.8) is 0 Å². The topological polar surface area (TPSA) is 37.3 Å². The molecule has 1 N–H and O–H groups in total. The summed E-state index contributed by atoms with van der Waals surface area (Å²) in [7, 11) is 0. The fraction of sp³-hybridized carbons (Fsp3) is 0.133. The number of phenols is 1. The first-order chi connectivity index (χ1) is 9.06. The van der Waals surface area contributed by atoms with Crippen LogP contribution < -0.4 is 0 Å². The number of hydrogen-bond donors (Lipinski definition) is 1. The number of hydrogen-bond acceptors (Lipinski definition) is 3. The number of benzene rings is 2. The molecule has 19 heavy (non-hydrogen) atoms. The van der Waals surface area contributed by atoms with Crippen LogP contribution in [0.15, 0.2) is 47.4 Å². The molecule has 2 aromatic carbocycles. The number of rotatable bonds is 4. The smallest absolute Gasteiger partial charge is 0.176 e. The molecule has 0 unspecified atom stereocenters. The first-order valence-corrected chi connectivity index (χ1v) is 6.76. The number of carbonyl (C=O) groups excluding carboxylic acids is 1. The first-order valence-electron chi connectivity index (χ1n) is 5.77. The van der Waals surface area contributed by atoms with E-state index in [2.05, 4.69) is 0 Å². The summed E-state index contributed by atoms with van der Waals surface area (Å²) >= 11 is 1.36. The van der Waals surface area contributed by atoms with E-state index in [0.29, 0.717) is 0 Å². The Morgan fingerprint density at radius 1 is 1.21 bits per heavy atom. The SMILES string of the molecule is Cc1ccc(SCC(=O)c2cc(F)ccc2O)cc1. The van der Waals surface area contributed by atoms with Crippen LogP contribution in [0.1, 0.15) is 15.9 Å².